The fourth-order valence-corrected chi connectivity index (χ4v) is 2.63. The molecule has 0 saturated heterocycles. The molecule has 0 unspecified atom stereocenters. The van der Waals surface area contributed by atoms with Crippen molar-refractivity contribution in [3.05, 3.63) is 77.5 Å². The standard InChI is InChI=1S/C19H16F2N6O/c20-15-6-3-7-16(17(15)21)25-19(26-27-23)14-8-12(9-24-18(14)22)13-5-2-1-4-11(13)10-28/h1-9,28H,10H2,(H2,22,24)(H2,23,25,26). The zero-order valence-corrected chi connectivity index (χ0v) is 14.5. The number of benzene rings is 2. The van der Waals surface area contributed by atoms with Gasteiger partial charge in [-0.15, -0.1) is 5.11 Å². The zero-order valence-electron chi connectivity index (χ0n) is 14.5. The van der Waals surface area contributed by atoms with Crippen LogP contribution in [0, 0.1) is 11.6 Å². The Labute approximate surface area is 159 Å². The van der Waals surface area contributed by atoms with Gasteiger partial charge in [0.05, 0.1) is 12.2 Å². The summed E-state index contributed by atoms with van der Waals surface area (Å²) in [5.41, 5.74) is 7.89. The smallest absolute Gasteiger partial charge is 0.187 e. The number of pyridine rings is 1. The molecule has 1 heterocycles. The number of halogens is 2. The number of hydrogen-bond acceptors (Lipinski definition) is 5. The summed E-state index contributed by atoms with van der Waals surface area (Å²) in [5, 5.41) is 16.4. The van der Waals surface area contributed by atoms with Gasteiger partial charge in [0, 0.05) is 11.8 Å². The molecule has 0 atom stereocenters. The lowest BCUT2D eigenvalue weighted by Gasteiger charge is -2.10. The third kappa shape index (κ3) is 3.84. The Morgan fingerprint density at radius 2 is 1.89 bits per heavy atom. The quantitative estimate of drug-likeness (QED) is 0.210. The Balaban J connectivity index is 2.17. The Morgan fingerprint density at radius 3 is 2.64 bits per heavy atom. The molecule has 0 radical (unpaired) electrons. The monoisotopic (exact) mass is 382 g/mol. The van der Waals surface area contributed by atoms with Crippen molar-refractivity contribution in [3.8, 4) is 11.1 Å². The van der Waals surface area contributed by atoms with Crippen molar-refractivity contribution < 1.29 is 13.9 Å². The first-order chi connectivity index (χ1) is 13.5. The second-order valence-electron chi connectivity index (χ2n) is 5.70. The van der Waals surface area contributed by atoms with Crippen LogP contribution in [-0.4, -0.2) is 15.9 Å². The third-order valence-corrected chi connectivity index (χ3v) is 3.97. The molecule has 0 aliphatic heterocycles. The van der Waals surface area contributed by atoms with E-state index in [0.717, 1.165) is 11.6 Å². The molecular weight excluding hydrogens is 366 g/mol. The summed E-state index contributed by atoms with van der Waals surface area (Å²) in [6.07, 6.45) is 1.52. The lowest BCUT2D eigenvalue weighted by atomic mass is 10.00. The van der Waals surface area contributed by atoms with Gasteiger partial charge in [-0.2, -0.15) is 0 Å². The average molecular weight is 382 g/mol. The molecule has 142 valence electrons. The highest BCUT2D eigenvalue weighted by molar-refractivity contribution is 6.05. The Bertz CT molecular complexity index is 1070. The number of amidine groups is 1. The molecule has 7 nitrogen and oxygen atoms in total. The molecule has 5 N–H and O–H groups in total. The Morgan fingerprint density at radius 1 is 1.11 bits per heavy atom. The number of aromatic nitrogens is 1. The summed E-state index contributed by atoms with van der Waals surface area (Å²) in [7, 11) is 0. The number of nitrogens with zero attached hydrogens (tertiary/aromatic N) is 4. The van der Waals surface area contributed by atoms with Gasteiger partial charge in [0.2, 0.25) is 0 Å². The molecule has 28 heavy (non-hydrogen) atoms. The Hall–Kier alpha value is -3.72. The minimum absolute atomic E-state index is 0.0493. The molecule has 0 fully saturated rings. The molecule has 0 amide bonds. The first-order valence-corrected chi connectivity index (χ1v) is 8.13. The van der Waals surface area contributed by atoms with Gasteiger partial charge in [0.15, 0.2) is 17.5 Å². The maximum atomic E-state index is 14.0. The van der Waals surface area contributed by atoms with Gasteiger partial charge in [-0.3, -0.25) is 0 Å². The maximum Gasteiger partial charge on any atom is 0.187 e. The van der Waals surface area contributed by atoms with E-state index in [1.807, 2.05) is 0 Å². The summed E-state index contributed by atoms with van der Waals surface area (Å²) < 4.78 is 27.5. The summed E-state index contributed by atoms with van der Waals surface area (Å²) in [5.74, 6) is 2.87. The van der Waals surface area contributed by atoms with Crippen molar-refractivity contribution in [3.63, 3.8) is 0 Å². The molecule has 0 spiro atoms. The number of nitrogens with two attached hydrogens (primary N) is 2. The normalized spacial score (nSPS) is 11.9. The van der Waals surface area contributed by atoms with Gasteiger partial charge in [0.1, 0.15) is 11.5 Å². The van der Waals surface area contributed by atoms with E-state index in [-0.39, 0.29) is 29.5 Å². The first-order valence-electron chi connectivity index (χ1n) is 8.13. The van der Waals surface area contributed by atoms with Crippen LogP contribution in [0.3, 0.4) is 0 Å². The summed E-state index contributed by atoms with van der Waals surface area (Å²) in [6.45, 7) is -0.173. The Kier molecular flexibility index (Phi) is 5.66. The largest absolute Gasteiger partial charge is 0.392 e. The van der Waals surface area contributed by atoms with Gasteiger partial charge in [-0.25, -0.2) is 18.8 Å². The van der Waals surface area contributed by atoms with Crippen LogP contribution in [0.5, 0.6) is 0 Å². The number of aliphatic hydroxyl groups is 1. The molecule has 9 heteroatoms. The van der Waals surface area contributed by atoms with Crippen molar-refractivity contribution in [1.82, 2.24) is 4.98 Å². The number of nitrogen functional groups attached to an aromatic ring is 1. The topological polar surface area (TPSA) is 122 Å². The number of hydrogen-bond donors (Lipinski definition) is 3. The van der Waals surface area contributed by atoms with E-state index in [9.17, 15) is 13.9 Å². The second kappa shape index (κ2) is 8.31. The zero-order chi connectivity index (χ0) is 20.1. The van der Waals surface area contributed by atoms with E-state index >= 15 is 0 Å². The SMILES string of the molecule is NN=NC(=Nc1cccc(F)c1F)c1cc(-c2ccccc2CO)cnc1N. The molecule has 1 aromatic heterocycles. The summed E-state index contributed by atoms with van der Waals surface area (Å²) in [6, 6.07) is 12.3. The van der Waals surface area contributed by atoms with Gasteiger partial charge in [-0.05, 0) is 29.3 Å². The fraction of sp³-hybridized carbons (Fsp3) is 0.0526. The molecule has 0 bridgehead atoms. The van der Waals surface area contributed by atoms with Crippen molar-refractivity contribution in [1.29, 1.82) is 0 Å². The second-order valence-corrected chi connectivity index (χ2v) is 5.70. The van der Waals surface area contributed by atoms with Gasteiger partial charge in [-0.1, -0.05) is 35.6 Å². The highest BCUT2D eigenvalue weighted by Gasteiger charge is 2.15. The fourth-order valence-electron chi connectivity index (χ4n) is 2.63. The van der Waals surface area contributed by atoms with Crippen LogP contribution in [0.25, 0.3) is 11.1 Å². The summed E-state index contributed by atoms with van der Waals surface area (Å²) in [4.78, 5) is 8.13. The van der Waals surface area contributed by atoms with Crippen LogP contribution >= 0.6 is 0 Å². The van der Waals surface area contributed by atoms with Crippen molar-refractivity contribution in [2.75, 3.05) is 5.73 Å². The number of aliphatic imine (C=N–C) groups is 1. The third-order valence-electron chi connectivity index (χ3n) is 3.97. The predicted molar refractivity (Wildman–Crippen MR) is 102 cm³/mol. The van der Waals surface area contributed by atoms with Crippen LogP contribution in [-0.2, 0) is 6.61 Å². The molecule has 0 aliphatic carbocycles. The minimum atomic E-state index is -1.14. The van der Waals surface area contributed by atoms with Crippen LogP contribution in [0.4, 0.5) is 20.3 Å². The molecule has 3 aromatic rings. The van der Waals surface area contributed by atoms with Crippen LogP contribution in [0.1, 0.15) is 11.1 Å². The van der Waals surface area contributed by atoms with Crippen molar-refractivity contribution in [2.24, 2.45) is 21.2 Å². The first kappa shape index (κ1) is 19.1. The lowest BCUT2D eigenvalue weighted by Crippen LogP contribution is -2.06. The van der Waals surface area contributed by atoms with E-state index in [2.05, 4.69) is 20.3 Å². The van der Waals surface area contributed by atoms with Crippen LogP contribution < -0.4 is 11.6 Å². The van der Waals surface area contributed by atoms with E-state index in [1.54, 1.807) is 30.3 Å². The van der Waals surface area contributed by atoms with Gasteiger partial charge < -0.3 is 16.7 Å². The number of rotatable bonds is 4. The molecular formula is C19H16F2N6O. The lowest BCUT2D eigenvalue weighted by molar-refractivity contribution is 0.282. The van der Waals surface area contributed by atoms with Crippen molar-refractivity contribution >= 4 is 17.3 Å². The maximum absolute atomic E-state index is 14.0. The van der Waals surface area contributed by atoms with E-state index in [0.29, 0.717) is 11.1 Å². The van der Waals surface area contributed by atoms with Crippen LogP contribution in [0.15, 0.2) is 70.1 Å². The molecule has 3 rings (SSSR count). The average Bonchev–Trinajstić information content (AvgIpc) is 2.71. The molecule has 0 saturated carbocycles. The molecule has 2 aromatic carbocycles. The number of anilines is 1. The van der Waals surface area contributed by atoms with Gasteiger partial charge in [0.25, 0.3) is 0 Å². The molecule has 0 aliphatic rings. The van der Waals surface area contributed by atoms with Crippen LogP contribution in [0.2, 0.25) is 0 Å². The highest BCUT2D eigenvalue weighted by atomic mass is 19.2. The summed E-state index contributed by atoms with van der Waals surface area (Å²) >= 11 is 0. The predicted octanol–water partition coefficient (Wildman–Crippen LogP) is 3.51. The number of aliphatic hydroxyl groups excluding tert-OH is 1. The van der Waals surface area contributed by atoms with E-state index < -0.39 is 11.6 Å². The van der Waals surface area contributed by atoms with E-state index in [4.69, 9.17) is 11.6 Å². The highest BCUT2D eigenvalue weighted by Crippen LogP contribution is 2.28. The van der Waals surface area contributed by atoms with E-state index in [1.165, 1.54) is 18.3 Å². The van der Waals surface area contributed by atoms with Gasteiger partial charge >= 0.3 is 0 Å². The van der Waals surface area contributed by atoms with Crippen molar-refractivity contribution in [2.45, 2.75) is 6.61 Å². The minimum Gasteiger partial charge on any atom is -0.392 e.